The largest absolute Gasteiger partial charge is 0.350 e. The summed E-state index contributed by atoms with van der Waals surface area (Å²) >= 11 is 7.24. The Bertz CT molecular complexity index is 898. The fourth-order valence-electron chi connectivity index (χ4n) is 2.86. The van der Waals surface area contributed by atoms with Crippen molar-refractivity contribution in [2.75, 3.05) is 31.1 Å². The van der Waals surface area contributed by atoms with Gasteiger partial charge in [0.15, 0.2) is 5.82 Å². The standard InChI is InChI=1S/C15H15ClN6OS/c1-10-18-19-14-13(17-4-5-22(10)14)20-6-8-21(9-7-20)15(23)11-2-3-12(16)24-11/h2-5H,6-9H2,1H3. The van der Waals surface area contributed by atoms with Gasteiger partial charge in [-0.15, -0.1) is 21.5 Å². The lowest BCUT2D eigenvalue weighted by Crippen LogP contribution is -2.49. The minimum absolute atomic E-state index is 0.0380. The fraction of sp³-hybridized carbons (Fsp3) is 0.333. The van der Waals surface area contributed by atoms with Crippen LogP contribution in [-0.2, 0) is 0 Å². The molecule has 4 heterocycles. The van der Waals surface area contributed by atoms with E-state index in [1.54, 1.807) is 18.3 Å². The lowest BCUT2D eigenvalue weighted by Gasteiger charge is -2.35. The second-order valence-corrected chi connectivity index (χ2v) is 7.29. The van der Waals surface area contributed by atoms with Gasteiger partial charge in [0.05, 0.1) is 9.21 Å². The zero-order chi connectivity index (χ0) is 16.7. The summed E-state index contributed by atoms with van der Waals surface area (Å²) in [5.41, 5.74) is 0.750. The number of carbonyl (C=O) groups is 1. The fourth-order valence-corrected chi connectivity index (χ4v) is 3.87. The molecule has 0 bridgehead atoms. The van der Waals surface area contributed by atoms with E-state index in [0.717, 1.165) is 17.3 Å². The Labute approximate surface area is 147 Å². The highest BCUT2D eigenvalue weighted by molar-refractivity contribution is 7.17. The summed E-state index contributed by atoms with van der Waals surface area (Å²) in [4.78, 5) is 21.6. The van der Waals surface area contributed by atoms with E-state index in [9.17, 15) is 4.79 Å². The summed E-state index contributed by atoms with van der Waals surface area (Å²) in [5, 5.41) is 8.32. The normalized spacial score (nSPS) is 15.2. The number of fused-ring (bicyclic) bond motifs is 1. The van der Waals surface area contributed by atoms with E-state index in [0.29, 0.717) is 35.4 Å². The van der Waals surface area contributed by atoms with Crippen LogP contribution in [0.2, 0.25) is 4.34 Å². The third kappa shape index (κ3) is 2.61. The number of aryl methyl sites for hydroxylation is 1. The van der Waals surface area contributed by atoms with Gasteiger partial charge in [0.2, 0.25) is 5.65 Å². The van der Waals surface area contributed by atoms with E-state index < -0.39 is 0 Å². The Balaban J connectivity index is 1.50. The Hall–Kier alpha value is -2.19. The average Bonchev–Trinajstić information content (AvgIpc) is 3.21. The number of nitrogens with zero attached hydrogens (tertiary/aromatic N) is 6. The van der Waals surface area contributed by atoms with Crippen LogP contribution in [0.5, 0.6) is 0 Å². The van der Waals surface area contributed by atoms with Crippen molar-refractivity contribution in [1.82, 2.24) is 24.5 Å². The molecule has 0 saturated carbocycles. The molecule has 0 atom stereocenters. The van der Waals surface area contributed by atoms with Crippen molar-refractivity contribution in [3.8, 4) is 0 Å². The highest BCUT2D eigenvalue weighted by Crippen LogP contribution is 2.24. The zero-order valence-corrected chi connectivity index (χ0v) is 14.6. The number of halogens is 1. The van der Waals surface area contributed by atoms with Gasteiger partial charge in [0.25, 0.3) is 5.91 Å². The SMILES string of the molecule is Cc1nnc2c(N3CCN(C(=O)c4ccc(Cl)s4)CC3)nccn12. The van der Waals surface area contributed by atoms with Gasteiger partial charge >= 0.3 is 0 Å². The first-order chi connectivity index (χ1) is 11.6. The maximum Gasteiger partial charge on any atom is 0.264 e. The van der Waals surface area contributed by atoms with E-state index in [4.69, 9.17) is 11.6 Å². The molecule has 4 rings (SSSR count). The molecular formula is C15H15ClN6OS. The van der Waals surface area contributed by atoms with Crippen LogP contribution in [0.4, 0.5) is 5.82 Å². The number of rotatable bonds is 2. The first-order valence-electron chi connectivity index (χ1n) is 7.59. The summed E-state index contributed by atoms with van der Waals surface area (Å²) < 4.78 is 2.56. The number of hydrogen-bond donors (Lipinski definition) is 0. The lowest BCUT2D eigenvalue weighted by atomic mass is 10.3. The van der Waals surface area contributed by atoms with Crippen LogP contribution in [0.3, 0.4) is 0 Å². The van der Waals surface area contributed by atoms with E-state index in [1.165, 1.54) is 11.3 Å². The molecule has 7 nitrogen and oxygen atoms in total. The predicted molar refractivity (Wildman–Crippen MR) is 93.0 cm³/mol. The van der Waals surface area contributed by atoms with Crippen molar-refractivity contribution in [2.24, 2.45) is 0 Å². The number of piperazine rings is 1. The third-order valence-electron chi connectivity index (χ3n) is 4.13. The van der Waals surface area contributed by atoms with Crippen molar-refractivity contribution in [3.05, 3.63) is 39.6 Å². The maximum atomic E-state index is 12.5. The minimum Gasteiger partial charge on any atom is -0.350 e. The molecule has 0 aliphatic carbocycles. The molecule has 1 amide bonds. The second-order valence-electron chi connectivity index (χ2n) is 5.57. The van der Waals surface area contributed by atoms with Gasteiger partial charge < -0.3 is 9.80 Å². The van der Waals surface area contributed by atoms with Crippen LogP contribution < -0.4 is 4.90 Å². The molecule has 3 aromatic rings. The maximum absolute atomic E-state index is 12.5. The summed E-state index contributed by atoms with van der Waals surface area (Å²) in [6.07, 6.45) is 3.61. The van der Waals surface area contributed by atoms with Crippen molar-refractivity contribution >= 4 is 40.3 Å². The number of amides is 1. The summed E-state index contributed by atoms with van der Waals surface area (Å²) in [6.45, 7) is 4.62. The van der Waals surface area contributed by atoms with Crippen LogP contribution >= 0.6 is 22.9 Å². The van der Waals surface area contributed by atoms with Gasteiger partial charge in [-0.3, -0.25) is 9.20 Å². The van der Waals surface area contributed by atoms with Gasteiger partial charge in [-0.25, -0.2) is 4.98 Å². The van der Waals surface area contributed by atoms with Crippen LogP contribution in [0.1, 0.15) is 15.5 Å². The zero-order valence-electron chi connectivity index (χ0n) is 13.0. The Morgan fingerprint density at radius 1 is 1.21 bits per heavy atom. The Kier molecular flexibility index (Phi) is 3.85. The molecule has 1 fully saturated rings. The van der Waals surface area contributed by atoms with Crippen molar-refractivity contribution in [2.45, 2.75) is 6.92 Å². The summed E-state index contributed by atoms with van der Waals surface area (Å²) in [6, 6.07) is 3.54. The van der Waals surface area contributed by atoms with Gasteiger partial charge in [-0.2, -0.15) is 0 Å². The van der Waals surface area contributed by atoms with Gasteiger partial charge in [0.1, 0.15) is 5.82 Å². The molecule has 0 spiro atoms. The van der Waals surface area contributed by atoms with Gasteiger partial charge in [-0.1, -0.05) is 11.6 Å². The van der Waals surface area contributed by atoms with Gasteiger partial charge in [-0.05, 0) is 19.1 Å². The molecule has 0 N–H and O–H groups in total. The van der Waals surface area contributed by atoms with Crippen molar-refractivity contribution in [1.29, 1.82) is 0 Å². The lowest BCUT2D eigenvalue weighted by molar-refractivity contribution is 0.0751. The van der Waals surface area contributed by atoms with Crippen LogP contribution in [-0.4, -0.2) is 56.6 Å². The molecule has 1 saturated heterocycles. The number of thiophene rings is 1. The molecule has 124 valence electrons. The van der Waals surface area contributed by atoms with Crippen LogP contribution in [0.25, 0.3) is 5.65 Å². The molecule has 0 radical (unpaired) electrons. The number of anilines is 1. The molecule has 1 aliphatic heterocycles. The quantitative estimate of drug-likeness (QED) is 0.698. The molecule has 0 aromatic carbocycles. The minimum atomic E-state index is 0.0380. The number of carbonyl (C=O) groups excluding carboxylic acids is 1. The molecule has 1 aliphatic rings. The molecule has 3 aromatic heterocycles. The average molecular weight is 363 g/mol. The first kappa shape index (κ1) is 15.3. The van der Waals surface area contributed by atoms with Crippen LogP contribution in [0.15, 0.2) is 24.5 Å². The molecular weight excluding hydrogens is 348 g/mol. The Morgan fingerprint density at radius 2 is 2.00 bits per heavy atom. The highest BCUT2D eigenvalue weighted by Gasteiger charge is 2.25. The monoisotopic (exact) mass is 362 g/mol. The van der Waals surface area contributed by atoms with Crippen LogP contribution in [0, 0.1) is 6.92 Å². The van der Waals surface area contributed by atoms with E-state index in [2.05, 4.69) is 20.1 Å². The van der Waals surface area contributed by atoms with Crippen molar-refractivity contribution < 1.29 is 4.79 Å². The van der Waals surface area contributed by atoms with E-state index in [-0.39, 0.29) is 5.91 Å². The van der Waals surface area contributed by atoms with Gasteiger partial charge in [0, 0.05) is 38.6 Å². The van der Waals surface area contributed by atoms with E-state index >= 15 is 0 Å². The summed E-state index contributed by atoms with van der Waals surface area (Å²) in [5.74, 6) is 1.68. The first-order valence-corrected chi connectivity index (χ1v) is 8.79. The number of hydrogen-bond acceptors (Lipinski definition) is 6. The predicted octanol–water partition coefficient (Wildman–Crippen LogP) is 2.11. The molecule has 0 unspecified atom stereocenters. The van der Waals surface area contributed by atoms with E-state index in [1.807, 2.05) is 22.4 Å². The highest BCUT2D eigenvalue weighted by atomic mass is 35.5. The summed E-state index contributed by atoms with van der Waals surface area (Å²) in [7, 11) is 0. The Morgan fingerprint density at radius 3 is 2.71 bits per heavy atom. The van der Waals surface area contributed by atoms with Crippen molar-refractivity contribution in [3.63, 3.8) is 0 Å². The molecule has 9 heteroatoms. The number of aromatic nitrogens is 4. The third-order valence-corrected chi connectivity index (χ3v) is 5.35. The smallest absolute Gasteiger partial charge is 0.264 e. The topological polar surface area (TPSA) is 66.6 Å². The second kappa shape index (κ2) is 6.03. The molecule has 24 heavy (non-hydrogen) atoms.